The highest BCUT2D eigenvalue weighted by molar-refractivity contribution is 8.00. The molecule has 2 aromatic heterocycles. The highest BCUT2D eigenvalue weighted by Crippen LogP contribution is 2.47. The summed E-state index contributed by atoms with van der Waals surface area (Å²) in [7, 11) is 0. The predicted molar refractivity (Wildman–Crippen MR) is 149 cm³/mol. The van der Waals surface area contributed by atoms with E-state index in [2.05, 4.69) is 41.9 Å². The number of nitrogens with zero attached hydrogens (tertiary/aromatic N) is 8. The van der Waals surface area contributed by atoms with Crippen LogP contribution in [-0.2, 0) is 25.8 Å². The summed E-state index contributed by atoms with van der Waals surface area (Å²) in [5.41, 5.74) is 3.65. The minimum atomic E-state index is -1.72. The molecule has 5 rings (SSSR count). The molecule has 0 aromatic carbocycles. The first kappa shape index (κ1) is 27.5. The minimum absolute atomic E-state index is 0.0818. The molecule has 2 amide bonds. The molecule has 3 atom stereocenters. The summed E-state index contributed by atoms with van der Waals surface area (Å²) in [6.07, 6.45) is 7.55. The molecule has 0 saturated carbocycles. The molecule has 40 heavy (non-hydrogen) atoms. The average molecular weight is 603 g/mol. The number of carbonyl (C=O) groups excluding carboxylic acids is 2. The van der Waals surface area contributed by atoms with Crippen molar-refractivity contribution in [1.82, 2.24) is 39.8 Å². The number of fused-ring (bicyclic) bond motifs is 1. The van der Waals surface area contributed by atoms with Crippen LogP contribution in [0.4, 0.5) is 5.13 Å². The van der Waals surface area contributed by atoms with Crippen molar-refractivity contribution < 1.29 is 24.3 Å². The van der Waals surface area contributed by atoms with Crippen LogP contribution in [0.25, 0.3) is 5.57 Å². The second-order valence-corrected chi connectivity index (χ2v) is 10.9. The zero-order chi connectivity index (χ0) is 28.4. The number of tetrazole rings is 1. The van der Waals surface area contributed by atoms with E-state index in [9.17, 15) is 19.5 Å². The van der Waals surface area contributed by atoms with Crippen LogP contribution in [-0.4, -0.2) is 91.2 Å². The number of nitrogens with one attached hydrogen (secondary N) is 1. The number of carbonyl (C=O) groups is 3. The maximum absolute atomic E-state index is 13.6. The molecule has 4 N–H and O–H groups in total. The predicted octanol–water partition coefficient (Wildman–Crippen LogP) is 0.388. The number of anilines is 1. The van der Waals surface area contributed by atoms with E-state index in [1.807, 2.05) is 12.2 Å². The number of thiocarbonyl (C=S) groups is 1. The number of β-lactam (4-membered cyclic amide) rings is 1. The Bertz CT molecular complexity index is 1480. The molecule has 2 aromatic rings. The van der Waals surface area contributed by atoms with E-state index >= 15 is 0 Å². The van der Waals surface area contributed by atoms with E-state index in [-0.39, 0.29) is 52.2 Å². The van der Waals surface area contributed by atoms with E-state index in [4.69, 9.17) is 22.8 Å². The van der Waals surface area contributed by atoms with Crippen LogP contribution in [0.1, 0.15) is 30.9 Å². The summed E-state index contributed by atoms with van der Waals surface area (Å²) >= 11 is 7.27. The van der Waals surface area contributed by atoms with Gasteiger partial charge in [-0.15, -0.1) is 23.4 Å². The average Bonchev–Trinajstić information content (AvgIpc) is 3.60. The highest BCUT2D eigenvalue weighted by Gasteiger charge is 2.65. The van der Waals surface area contributed by atoms with E-state index in [0.29, 0.717) is 6.42 Å². The van der Waals surface area contributed by atoms with Crippen LogP contribution < -0.4 is 11.1 Å². The normalized spacial score (nSPS) is 24.2. The van der Waals surface area contributed by atoms with Gasteiger partial charge in [0.1, 0.15) is 17.2 Å². The van der Waals surface area contributed by atoms with Crippen molar-refractivity contribution in [2.75, 3.05) is 11.5 Å². The highest BCUT2D eigenvalue weighted by atomic mass is 32.2. The number of amides is 2. The van der Waals surface area contributed by atoms with Gasteiger partial charge in [0, 0.05) is 28.2 Å². The van der Waals surface area contributed by atoms with Gasteiger partial charge in [0.2, 0.25) is 11.5 Å². The Morgan fingerprint density at radius 3 is 2.92 bits per heavy atom. The minimum Gasteiger partial charge on any atom is -0.477 e. The fraction of sp³-hybridized carbons (Fsp3) is 0.364. The Balaban J connectivity index is 1.45. The molecule has 1 fully saturated rings. The Morgan fingerprint density at radius 2 is 2.27 bits per heavy atom. The SMILES string of the molecule is C=CCn1nnnc1C1=C(C(=O)O)N2C(=O)C(C=S)(NC(=O)C(=NOC3C=CCCC3)c3nsc(N)n3)[C@@H]2SC1. The Kier molecular flexibility index (Phi) is 7.72. The van der Waals surface area contributed by atoms with Crippen molar-refractivity contribution >= 4 is 75.1 Å². The van der Waals surface area contributed by atoms with Gasteiger partial charge in [0.05, 0.1) is 6.54 Å². The van der Waals surface area contributed by atoms with Crippen LogP contribution in [0.3, 0.4) is 0 Å². The third kappa shape index (κ3) is 4.77. The standard InChI is InChI=1S/C22H22N10O5S3/c1-2-8-31-16(26-29-30-31)12-9-39-20-22(10-38,19(36)32(20)14(12)18(34)35)25-17(33)13(15-24-21(23)40-28-15)27-37-11-6-4-3-5-7-11/h2,4,6,10-11,20H,1,3,5,7-9H2,(H,25,33)(H,34,35)(H2,23,24,28)/t11?,20-,22?/m0/s1. The topological polar surface area (TPSA) is 204 Å². The van der Waals surface area contributed by atoms with Gasteiger partial charge in [0.25, 0.3) is 11.8 Å². The molecule has 15 nitrogen and oxygen atoms in total. The zero-order valence-corrected chi connectivity index (χ0v) is 23.1. The number of carboxylic acids is 1. The first-order valence-electron chi connectivity index (χ1n) is 11.9. The number of carboxylic acid groups (broad SMARTS) is 1. The van der Waals surface area contributed by atoms with E-state index in [1.54, 1.807) is 6.08 Å². The summed E-state index contributed by atoms with van der Waals surface area (Å²) in [5, 5.41) is 28.5. The molecule has 18 heteroatoms. The smallest absolute Gasteiger partial charge is 0.353 e. The van der Waals surface area contributed by atoms with Crippen LogP contribution in [0.5, 0.6) is 0 Å². The van der Waals surface area contributed by atoms with Gasteiger partial charge >= 0.3 is 5.97 Å². The van der Waals surface area contributed by atoms with Gasteiger partial charge in [-0.2, -0.15) is 9.36 Å². The summed E-state index contributed by atoms with van der Waals surface area (Å²) in [6, 6.07) is 0. The molecule has 2 aliphatic heterocycles. The lowest BCUT2D eigenvalue weighted by atomic mass is 9.87. The number of allylic oxidation sites excluding steroid dienone is 2. The molecule has 1 aliphatic carbocycles. The van der Waals surface area contributed by atoms with Gasteiger partial charge < -0.3 is 21.0 Å². The molecule has 208 valence electrons. The van der Waals surface area contributed by atoms with E-state index < -0.39 is 28.7 Å². The van der Waals surface area contributed by atoms with Gasteiger partial charge in [-0.3, -0.25) is 14.5 Å². The number of nitrogens with two attached hydrogens (primary N) is 1. The number of aliphatic carboxylic acids is 1. The molecular formula is C22H22N10O5S3. The number of aromatic nitrogens is 6. The van der Waals surface area contributed by atoms with Crippen molar-refractivity contribution in [3.05, 3.63) is 42.2 Å². The molecule has 2 unspecified atom stereocenters. The second-order valence-electron chi connectivity index (χ2n) is 8.78. The van der Waals surface area contributed by atoms with Crippen LogP contribution in [0, 0.1) is 0 Å². The van der Waals surface area contributed by atoms with Crippen LogP contribution in [0.15, 0.2) is 35.7 Å². The number of nitrogen functional groups attached to an aromatic ring is 1. The number of thioether (sulfide) groups is 1. The van der Waals surface area contributed by atoms with E-state index in [0.717, 1.165) is 34.6 Å². The van der Waals surface area contributed by atoms with Crippen molar-refractivity contribution in [2.24, 2.45) is 5.16 Å². The summed E-state index contributed by atoms with van der Waals surface area (Å²) < 4.78 is 5.44. The molecule has 0 spiro atoms. The maximum atomic E-state index is 13.6. The second kappa shape index (κ2) is 11.2. The molecule has 1 saturated heterocycles. The summed E-state index contributed by atoms with van der Waals surface area (Å²) in [4.78, 5) is 50.2. The maximum Gasteiger partial charge on any atom is 0.353 e. The monoisotopic (exact) mass is 602 g/mol. The largest absolute Gasteiger partial charge is 0.477 e. The fourth-order valence-electron chi connectivity index (χ4n) is 4.42. The van der Waals surface area contributed by atoms with Crippen molar-refractivity contribution in [3.63, 3.8) is 0 Å². The van der Waals surface area contributed by atoms with Crippen LogP contribution >= 0.6 is 35.5 Å². The quantitative estimate of drug-likeness (QED) is 0.111. The zero-order valence-electron chi connectivity index (χ0n) is 20.7. The summed E-state index contributed by atoms with van der Waals surface area (Å²) in [5.74, 6) is -2.71. The van der Waals surface area contributed by atoms with E-state index in [1.165, 1.54) is 16.4 Å². The van der Waals surface area contributed by atoms with Gasteiger partial charge in [-0.05, 0) is 35.8 Å². The number of hydrogen-bond acceptors (Lipinski definition) is 14. The fourth-order valence-corrected chi connectivity index (χ4v) is 6.66. The summed E-state index contributed by atoms with van der Waals surface area (Å²) in [6.45, 7) is 3.88. The molecule has 3 aliphatic rings. The molecular weight excluding hydrogens is 581 g/mol. The lowest BCUT2D eigenvalue weighted by Crippen LogP contribution is -2.80. The van der Waals surface area contributed by atoms with Gasteiger partial charge in [-0.1, -0.05) is 29.5 Å². The lowest BCUT2D eigenvalue weighted by Gasteiger charge is -2.55. The number of oxime groups is 1. The Labute approximate surface area is 240 Å². The van der Waals surface area contributed by atoms with Crippen molar-refractivity contribution in [3.8, 4) is 0 Å². The van der Waals surface area contributed by atoms with Crippen molar-refractivity contribution in [1.29, 1.82) is 0 Å². The molecule has 0 radical (unpaired) electrons. The third-order valence-electron chi connectivity index (χ3n) is 6.28. The molecule has 4 heterocycles. The Hall–Kier alpha value is -4.03. The first-order valence-corrected chi connectivity index (χ1v) is 14.2. The molecule has 0 bridgehead atoms. The first-order chi connectivity index (χ1) is 19.3. The van der Waals surface area contributed by atoms with Crippen LogP contribution in [0.2, 0.25) is 0 Å². The van der Waals surface area contributed by atoms with Gasteiger partial charge in [-0.25, -0.2) is 9.48 Å². The van der Waals surface area contributed by atoms with Crippen molar-refractivity contribution in [2.45, 2.75) is 42.8 Å². The van der Waals surface area contributed by atoms with Gasteiger partial charge in [0.15, 0.2) is 16.5 Å². The third-order valence-corrected chi connectivity index (χ3v) is 8.55. The number of hydrogen-bond donors (Lipinski definition) is 3. The lowest BCUT2D eigenvalue weighted by molar-refractivity contribution is -0.153. The number of rotatable bonds is 10. The Morgan fingerprint density at radius 1 is 1.45 bits per heavy atom.